The molecule has 0 bridgehead atoms. The topological polar surface area (TPSA) is 21.3 Å². The molecule has 2 heteroatoms. The number of nitrogens with one attached hydrogen (secondary N) is 1. The molecule has 1 N–H and O–H groups in total. The molecule has 0 radical (unpaired) electrons. The summed E-state index contributed by atoms with van der Waals surface area (Å²) in [5, 5.41) is 3.46. The van der Waals surface area contributed by atoms with E-state index in [1.54, 1.807) is 5.56 Å². The number of hydrogen-bond donors (Lipinski definition) is 1. The fraction of sp³-hybridized carbons (Fsp3) is 0.625. The van der Waals surface area contributed by atoms with E-state index in [9.17, 15) is 0 Å². The van der Waals surface area contributed by atoms with E-state index in [-0.39, 0.29) is 0 Å². The van der Waals surface area contributed by atoms with E-state index in [1.807, 2.05) is 0 Å². The van der Waals surface area contributed by atoms with Crippen molar-refractivity contribution >= 4 is 0 Å². The van der Waals surface area contributed by atoms with Gasteiger partial charge >= 0.3 is 0 Å². The van der Waals surface area contributed by atoms with E-state index < -0.39 is 0 Å². The lowest BCUT2D eigenvalue weighted by Crippen LogP contribution is -2.27. The Morgan fingerprint density at radius 2 is 1.89 bits per heavy atom. The van der Waals surface area contributed by atoms with Gasteiger partial charge in [0.15, 0.2) is 0 Å². The minimum Gasteiger partial charge on any atom is -0.490 e. The van der Waals surface area contributed by atoms with Crippen LogP contribution >= 0.6 is 0 Å². The van der Waals surface area contributed by atoms with Gasteiger partial charge in [-0.15, -0.1) is 0 Å². The fourth-order valence-corrected chi connectivity index (χ4v) is 3.64. The Morgan fingerprint density at radius 1 is 1.17 bits per heavy atom. The maximum atomic E-state index is 6.01. The molecule has 0 aliphatic carbocycles. The lowest BCUT2D eigenvalue weighted by molar-refractivity contribution is 0.253. The lowest BCUT2D eigenvalue weighted by atomic mass is 9.82. The van der Waals surface area contributed by atoms with Crippen LogP contribution in [-0.2, 0) is 6.42 Å². The Labute approximate surface area is 110 Å². The third-order valence-electron chi connectivity index (χ3n) is 4.37. The number of piperidine rings is 1. The van der Waals surface area contributed by atoms with Gasteiger partial charge in [0.2, 0.25) is 0 Å². The first-order valence-electron chi connectivity index (χ1n) is 7.17. The van der Waals surface area contributed by atoms with Crippen molar-refractivity contribution in [3.05, 3.63) is 28.3 Å². The van der Waals surface area contributed by atoms with Crippen LogP contribution in [-0.4, -0.2) is 19.2 Å². The van der Waals surface area contributed by atoms with Crippen LogP contribution in [0.5, 0.6) is 5.75 Å². The quantitative estimate of drug-likeness (QED) is 0.821. The van der Waals surface area contributed by atoms with Gasteiger partial charge in [0.05, 0.1) is 0 Å². The fourth-order valence-electron chi connectivity index (χ4n) is 3.64. The van der Waals surface area contributed by atoms with Crippen LogP contribution in [0, 0.1) is 13.8 Å². The standard InChI is InChI=1S/C16H23NO/c1-10-8-11(2)16-14(9-12(3)18-16)15(10)13-4-6-17-7-5-13/h8,12-13,17H,4-7,9H2,1-3H3/t12-/m1/s1. The molecule has 0 aromatic heterocycles. The first-order valence-corrected chi connectivity index (χ1v) is 7.17. The third-order valence-corrected chi connectivity index (χ3v) is 4.37. The van der Waals surface area contributed by atoms with E-state index in [1.165, 1.54) is 35.3 Å². The first-order chi connectivity index (χ1) is 8.66. The summed E-state index contributed by atoms with van der Waals surface area (Å²) in [4.78, 5) is 0. The Hall–Kier alpha value is -1.02. The SMILES string of the molecule is Cc1cc(C)c(C2CCNCC2)c2c1O[C@H](C)C2. The van der Waals surface area contributed by atoms with E-state index in [0.29, 0.717) is 6.10 Å². The molecule has 0 spiro atoms. The average Bonchev–Trinajstić information content (AvgIpc) is 2.72. The predicted molar refractivity (Wildman–Crippen MR) is 74.6 cm³/mol. The van der Waals surface area contributed by atoms with Crippen LogP contribution in [0.1, 0.15) is 47.9 Å². The molecule has 1 atom stereocenters. The molecule has 2 aliphatic rings. The molecule has 2 aliphatic heterocycles. The van der Waals surface area contributed by atoms with Gasteiger partial charge in [-0.1, -0.05) is 6.07 Å². The van der Waals surface area contributed by atoms with E-state index in [0.717, 1.165) is 25.4 Å². The Morgan fingerprint density at radius 3 is 2.61 bits per heavy atom. The number of fused-ring (bicyclic) bond motifs is 1. The van der Waals surface area contributed by atoms with Crippen molar-refractivity contribution in [3.8, 4) is 5.75 Å². The number of benzene rings is 1. The lowest BCUT2D eigenvalue weighted by Gasteiger charge is -2.26. The molecule has 1 aromatic rings. The second-order valence-corrected chi connectivity index (χ2v) is 5.89. The summed E-state index contributed by atoms with van der Waals surface area (Å²) in [6.45, 7) is 8.94. The third kappa shape index (κ3) is 1.93. The van der Waals surface area contributed by atoms with Gasteiger partial charge in [0.25, 0.3) is 0 Å². The van der Waals surface area contributed by atoms with E-state index in [4.69, 9.17) is 4.74 Å². The maximum Gasteiger partial charge on any atom is 0.126 e. The van der Waals surface area contributed by atoms with Crippen molar-refractivity contribution in [1.29, 1.82) is 0 Å². The van der Waals surface area contributed by atoms with Crippen LogP contribution in [0.3, 0.4) is 0 Å². The van der Waals surface area contributed by atoms with Gasteiger partial charge in [-0.2, -0.15) is 0 Å². The highest BCUT2D eigenvalue weighted by Gasteiger charge is 2.29. The van der Waals surface area contributed by atoms with Crippen LogP contribution < -0.4 is 10.1 Å². The van der Waals surface area contributed by atoms with Gasteiger partial charge in [0.1, 0.15) is 11.9 Å². The molecule has 1 fully saturated rings. The van der Waals surface area contributed by atoms with Crippen LogP contribution in [0.2, 0.25) is 0 Å². The van der Waals surface area contributed by atoms with Crippen molar-refractivity contribution in [2.45, 2.75) is 52.1 Å². The maximum absolute atomic E-state index is 6.01. The second-order valence-electron chi connectivity index (χ2n) is 5.89. The predicted octanol–water partition coefficient (Wildman–Crippen LogP) is 3.09. The molecule has 0 amide bonds. The highest BCUT2D eigenvalue weighted by atomic mass is 16.5. The molecule has 1 aromatic carbocycles. The molecular weight excluding hydrogens is 222 g/mol. The summed E-state index contributed by atoms with van der Waals surface area (Å²) >= 11 is 0. The number of aryl methyl sites for hydroxylation is 2. The zero-order valence-corrected chi connectivity index (χ0v) is 11.7. The summed E-state index contributed by atoms with van der Waals surface area (Å²) < 4.78 is 6.01. The normalized spacial score (nSPS) is 23.8. The van der Waals surface area contributed by atoms with Crippen LogP contribution in [0.15, 0.2) is 6.07 Å². The van der Waals surface area contributed by atoms with Crippen molar-refractivity contribution in [2.75, 3.05) is 13.1 Å². The molecule has 3 rings (SSSR count). The largest absolute Gasteiger partial charge is 0.490 e. The zero-order valence-electron chi connectivity index (χ0n) is 11.7. The highest BCUT2D eigenvalue weighted by molar-refractivity contribution is 5.53. The van der Waals surface area contributed by atoms with Gasteiger partial charge in [-0.3, -0.25) is 0 Å². The monoisotopic (exact) mass is 245 g/mol. The molecule has 2 nitrogen and oxygen atoms in total. The molecule has 0 saturated carbocycles. The number of hydrogen-bond acceptors (Lipinski definition) is 2. The average molecular weight is 245 g/mol. The molecule has 2 heterocycles. The summed E-state index contributed by atoms with van der Waals surface area (Å²) in [5.74, 6) is 1.91. The van der Waals surface area contributed by atoms with Crippen molar-refractivity contribution in [1.82, 2.24) is 5.32 Å². The molecule has 0 unspecified atom stereocenters. The molecule has 18 heavy (non-hydrogen) atoms. The van der Waals surface area contributed by atoms with Gasteiger partial charge in [0, 0.05) is 12.0 Å². The summed E-state index contributed by atoms with van der Waals surface area (Å²) in [5.41, 5.74) is 5.88. The minimum absolute atomic E-state index is 0.348. The second kappa shape index (κ2) is 4.58. The molecular formula is C16H23NO. The van der Waals surface area contributed by atoms with E-state index in [2.05, 4.69) is 32.2 Å². The van der Waals surface area contributed by atoms with Gasteiger partial charge in [-0.25, -0.2) is 0 Å². The van der Waals surface area contributed by atoms with Crippen LogP contribution in [0.25, 0.3) is 0 Å². The van der Waals surface area contributed by atoms with Crippen LogP contribution in [0.4, 0.5) is 0 Å². The van der Waals surface area contributed by atoms with Gasteiger partial charge < -0.3 is 10.1 Å². The number of rotatable bonds is 1. The highest BCUT2D eigenvalue weighted by Crippen LogP contribution is 2.41. The van der Waals surface area contributed by atoms with Gasteiger partial charge in [-0.05, 0) is 69.3 Å². The number of ether oxygens (including phenoxy) is 1. The molecule has 98 valence electrons. The Bertz CT molecular complexity index is 461. The molecule has 1 saturated heterocycles. The minimum atomic E-state index is 0.348. The summed E-state index contributed by atoms with van der Waals surface area (Å²) in [7, 11) is 0. The van der Waals surface area contributed by atoms with Crippen molar-refractivity contribution < 1.29 is 4.74 Å². The summed E-state index contributed by atoms with van der Waals surface area (Å²) in [6.07, 6.45) is 3.98. The summed E-state index contributed by atoms with van der Waals surface area (Å²) in [6, 6.07) is 2.31. The van der Waals surface area contributed by atoms with E-state index >= 15 is 0 Å². The van der Waals surface area contributed by atoms with Crippen molar-refractivity contribution in [2.24, 2.45) is 0 Å². The first kappa shape index (κ1) is 12.0. The van der Waals surface area contributed by atoms with Crippen molar-refractivity contribution in [3.63, 3.8) is 0 Å². The Kier molecular flexibility index (Phi) is 3.06. The zero-order chi connectivity index (χ0) is 12.7. The smallest absolute Gasteiger partial charge is 0.126 e. The Balaban J connectivity index is 2.06.